The number of aromatic nitrogens is 2. The SMILES string of the molecule is COC(=O)COCC(C)(C)n1ccc(S(=O)(=O)N(Cc2ccc(OC)cc2)Cc2ccc(OC)cc2)n1. The van der Waals surface area contributed by atoms with Crippen LogP contribution in [0.5, 0.6) is 11.5 Å². The molecule has 0 N–H and O–H groups in total. The first-order valence-corrected chi connectivity index (χ1v) is 13.0. The van der Waals surface area contributed by atoms with Crippen molar-refractivity contribution in [2.75, 3.05) is 34.5 Å². The number of sulfonamides is 1. The fourth-order valence-electron chi connectivity index (χ4n) is 3.52. The highest BCUT2D eigenvalue weighted by Gasteiger charge is 2.30. The predicted octanol–water partition coefficient (Wildman–Crippen LogP) is 3.22. The van der Waals surface area contributed by atoms with Crippen LogP contribution in [0, 0.1) is 0 Å². The van der Waals surface area contributed by atoms with Crippen molar-refractivity contribution in [3.05, 3.63) is 71.9 Å². The van der Waals surface area contributed by atoms with Gasteiger partial charge in [-0.15, -0.1) is 0 Å². The molecule has 10 nitrogen and oxygen atoms in total. The molecule has 0 saturated carbocycles. The molecule has 0 amide bonds. The van der Waals surface area contributed by atoms with Gasteiger partial charge in [-0.1, -0.05) is 24.3 Å². The number of methoxy groups -OCH3 is 3. The van der Waals surface area contributed by atoms with Gasteiger partial charge in [-0.25, -0.2) is 13.2 Å². The summed E-state index contributed by atoms with van der Waals surface area (Å²) >= 11 is 0. The minimum absolute atomic E-state index is 0.0874. The van der Waals surface area contributed by atoms with E-state index in [1.54, 1.807) is 44.7 Å². The minimum atomic E-state index is -3.98. The molecule has 11 heteroatoms. The van der Waals surface area contributed by atoms with E-state index in [0.717, 1.165) is 11.1 Å². The molecular weight excluding hydrogens is 498 g/mol. The van der Waals surface area contributed by atoms with Gasteiger partial charge < -0.3 is 18.9 Å². The van der Waals surface area contributed by atoms with E-state index in [2.05, 4.69) is 9.84 Å². The van der Waals surface area contributed by atoms with Crippen LogP contribution in [0.1, 0.15) is 25.0 Å². The Hall–Kier alpha value is -3.41. The zero-order valence-corrected chi connectivity index (χ0v) is 22.5. The van der Waals surface area contributed by atoms with Crippen LogP contribution in [0.4, 0.5) is 0 Å². The maximum absolute atomic E-state index is 13.8. The molecule has 0 fully saturated rings. The smallest absolute Gasteiger partial charge is 0.331 e. The number of carbonyl (C=O) groups excluding carboxylic acids is 1. The molecule has 37 heavy (non-hydrogen) atoms. The van der Waals surface area contributed by atoms with Crippen LogP contribution < -0.4 is 9.47 Å². The predicted molar refractivity (Wildman–Crippen MR) is 137 cm³/mol. The normalized spacial score (nSPS) is 11.9. The topological polar surface area (TPSA) is 109 Å². The summed E-state index contributed by atoms with van der Waals surface area (Å²) in [6.07, 6.45) is 1.59. The Morgan fingerprint density at radius 3 is 1.86 bits per heavy atom. The van der Waals surface area contributed by atoms with Crippen LogP contribution in [0.3, 0.4) is 0 Å². The van der Waals surface area contributed by atoms with E-state index in [1.165, 1.54) is 22.2 Å². The van der Waals surface area contributed by atoms with Crippen molar-refractivity contribution < 1.29 is 32.2 Å². The molecule has 3 rings (SSSR count). The van der Waals surface area contributed by atoms with E-state index in [9.17, 15) is 13.2 Å². The van der Waals surface area contributed by atoms with E-state index in [1.807, 2.05) is 38.1 Å². The van der Waals surface area contributed by atoms with Crippen LogP contribution in [0.25, 0.3) is 0 Å². The number of carbonyl (C=O) groups is 1. The summed E-state index contributed by atoms with van der Waals surface area (Å²) in [4.78, 5) is 11.3. The molecule has 0 spiro atoms. The Balaban J connectivity index is 1.87. The summed E-state index contributed by atoms with van der Waals surface area (Å²) in [7, 11) is 0.455. The molecule has 1 heterocycles. The first-order valence-electron chi connectivity index (χ1n) is 11.6. The largest absolute Gasteiger partial charge is 0.497 e. The first-order chi connectivity index (χ1) is 17.6. The average Bonchev–Trinajstić information content (AvgIpc) is 3.41. The molecule has 0 unspecified atom stereocenters. The lowest BCUT2D eigenvalue weighted by Crippen LogP contribution is -2.34. The highest BCUT2D eigenvalue weighted by atomic mass is 32.2. The Morgan fingerprint density at radius 2 is 1.41 bits per heavy atom. The zero-order valence-electron chi connectivity index (χ0n) is 21.7. The quantitative estimate of drug-likeness (QED) is 0.309. The molecule has 0 atom stereocenters. The molecule has 0 aliphatic heterocycles. The molecule has 0 bridgehead atoms. The second-order valence-corrected chi connectivity index (χ2v) is 10.8. The van der Waals surface area contributed by atoms with Gasteiger partial charge in [0.2, 0.25) is 0 Å². The fraction of sp³-hybridized carbons (Fsp3) is 0.385. The molecule has 1 aromatic heterocycles. The van der Waals surface area contributed by atoms with Crippen molar-refractivity contribution in [1.29, 1.82) is 0 Å². The van der Waals surface area contributed by atoms with Gasteiger partial charge in [0, 0.05) is 19.3 Å². The second-order valence-electron chi connectivity index (χ2n) is 8.95. The maximum atomic E-state index is 13.8. The minimum Gasteiger partial charge on any atom is -0.497 e. The Morgan fingerprint density at radius 1 is 0.892 bits per heavy atom. The van der Waals surface area contributed by atoms with Gasteiger partial charge in [0.1, 0.15) is 18.1 Å². The lowest BCUT2D eigenvalue weighted by atomic mass is 10.1. The van der Waals surface area contributed by atoms with Gasteiger partial charge in [0.25, 0.3) is 10.0 Å². The van der Waals surface area contributed by atoms with E-state index in [-0.39, 0.29) is 31.3 Å². The van der Waals surface area contributed by atoms with Crippen molar-refractivity contribution >= 4 is 16.0 Å². The highest BCUT2D eigenvalue weighted by molar-refractivity contribution is 7.89. The fourth-order valence-corrected chi connectivity index (χ4v) is 4.84. The molecule has 0 aliphatic carbocycles. The monoisotopic (exact) mass is 531 g/mol. The first kappa shape index (κ1) is 28.2. The number of benzene rings is 2. The standard InChI is InChI=1S/C26H33N3O7S/c1-26(2,19-36-18-25(30)35-5)29-15-14-24(27-29)37(31,32)28(16-20-6-10-22(33-3)11-7-20)17-21-8-12-23(34-4)13-9-21/h6-15H,16-19H2,1-5H3. The number of rotatable bonds is 13. The molecule has 0 saturated heterocycles. The van der Waals surface area contributed by atoms with E-state index < -0.39 is 21.5 Å². The molecular formula is C26H33N3O7S. The Labute approximate surface area is 217 Å². The molecule has 0 aliphatic rings. The Kier molecular flexibility index (Phi) is 9.30. The second kappa shape index (κ2) is 12.2. The zero-order chi connectivity index (χ0) is 27.1. The van der Waals surface area contributed by atoms with Crippen molar-refractivity contribution in [3.8, 4) is 11.5 Å². The van der Waals surface area contributed by atoms with E-state index >= 15 is 0 Å². The summed E-state index contributed by atoms with van der Waals surface area (Å²) < 4.78 is 50.9. The third kappa shape index (κ3) is 7.31. The maximum Gasteiger partial charge on any atom is 0.331 e. The molecule has 0 radical (unpaired) electrons. The van der Waals surface area contributed by atoms with Gasteiger partial charge in [0.05, 0.1) is 33.5 Å². The number of ether oxygens (including phenoxy) is 4. The third-order valence-corrected chi connectivity index (χ3v) is 7.41. The molecule has 200 valence electrons. The Bertz CT molecular complexity index is 1220. The highest BCUT2D eigenvalue weighted by Crippen LogP contribution is 2.24. The number of hydrogen-bond donors (Lipinski definition) is 0. The van der Waals surface area contributed by atoms with Crippen LogP contribution in [-0.4, -0.2) is 63.0 Å². The summed E-state index contributed by atoms with van der Waals surface area (Å²) in [5, 5.41) is 4.29. The van der Waals surface area contributed by atoms with Crippen molar-refractivity contribution in [2.45, 2.75) is 37.5 Å². The van der Waals surface area contributed by atoms with Crippen molar-refractivity contribution in [2.24, 2.45) is 0 Å². The van der Waals surface area contributed by atoms with Crippen LogP contribution in [0.15, 0.2) is 65.8 Å². The van der Waals surface area contributed by atoms with Crippen LogP contribution in [0.2, 0.25) is 0 Å². The van der Waals surface area contributed by atoms with Gasteiger partial charge in [0.15, 0.2) is 5.03 Å². The number of nitrogens with zero attached hydrogens (tertiary/aromatic N) is 3. The average molecular weight is 532 g/mol. The summed E-state index contributed by atoms with van der Waals surface area (Å²) in [6, 6.07) is 15.9. The summed E-state index contributed by atoms with van der Waals surface area (Å²) in [5.74, 6) is 0.875. The van der Waals surface area contributed by atoms with E-state index in [0.29, 0.717) is 11.5 Å². The van der Waals surface area contributed by atoms with Gasteiger partial charge in [-0.05, 0) is 55.3 Å². The lowest BCUT2D eigenvalue weighted by Gasteiger charge is -2.25. The lowest BCUT2D eigenvalue weighted by molar-refractivity contribution is -0.146. The van der Waals surface area contributed by atoms with Gasteiger partial charge in [-0.2, -0.15) is 9.40 Å². The van der Waals surface area contributed by atoms with Crippen LogP contribution >= 0.6 is 0 Å². The molecule has 3 aromatic rings. The van der Waals surface area contributed by atoms with E-state index in [4.69, 9.17) is 14.2 Å². The van der Waals surface area contributed by atoms with Crippen LogP contribution in [-0.2, 0) is 42.9 Å². The van der Waals surface area contributed by atoms with Gasteiger partial charge in [-0.3, -0.25) is 4.68 Å². The van der Waals surface area contributed by atoms with Crippen molar-refractivity contribution in [3.63, 3.8) is 0 Å². The summed E-state index contributed by atoms with van der Waals surface area (Å²) in [5.41, 5.74) is 0.890. The third-order valence-electron chi connectivity index (χ3n) is 5.73. The number of hydrogen-bond acceptors (Lipinski definition) is 8. The molecule has 2 aromatic carbocycles. The summed E-state index contributed by atoms with van der Waals surface area (Å²) in [6.45, 7) is 3.86. The van der Waals surface area contributed by atoms with Crippen molar-refractivity contribution in [1.82, 2.24) is 14.1 Å². The van der Waals surface area contributed by atoms with Gasteiger partial charge >= 0.3 is 5.97 Å². The number of esters is 1.